The first kappa shape index (κ1) is 16.9. The average molecular weight is 354 g/mol. The van der Waals surface area contributed by atoms with Crippen LogP contribution in [0.2, 0.25) is 0 Å². The second-order valence-electron chi connectivity index (χ2n) is 9.47. The van der Waals surface area contributed by atoms with Gasteiger partial charge in [-0.1, -0.05) is 32.3 Å². The molecule has 0 aromatic carbocycles. The number of aromatic nitrogens is 1. The van der Waals surface area contributed by atoms with E-state index in [1.807, 2.05) is 0 Å². The zero-order chi connectivity index (χ0) is 18.1. The van der Waals surface area contributed by atoms with Crippen LogP contribution in [0.5, 0.6) is 0 Å². The number of ketones is 1. The van der Waals surface area contributed by atoms with E-state index < -0.39 is 0 Å². The maximum absolute atomic E-state index is 13.6. The molecule has 6 unspecified atom stereocenters. The van der Waals surface area contributed by atoms with Gasteiger partial charge in [0.2, 0.25) is 0 Å². The Balaban J connectivity index is 1.62. The van der Waals surface area contributed by atoms with Crippen LogP contribution in [0.25, 0.3) is 0 Å². The molecule has 3 heteroatoms. The number of carbonyl (C=O) groups excluding carboxylic acids is 1. The minimum atomic E-state index is -0.360. The van der Waals surface area contributed by atoms with Gasteiger partial charge >= 0.3 is 0 Å². The Labute approximate surface area is 156 Å². The lowest BCUT2D eigenvalue weighted by Gasteiger charge is -2.64. The molecule has 6 rings (SSSR count). The summed E-state index contributed by atoms with van der Waals surface area (Å²) in [4.78, 5) is 18.5. The fourth-order valence-corrected chi connectivity index (χ4v) is 7.43. The monoisotopic (exact) mass is 353 g/mol. The van der Waals surface area contributed by atoms with E-state index >= 15 is 0 Å². The Kier molecular flexibility index (Phi) is 3.67. The van der Waals surface area contributed by atoms with E-state index in [0.29, 0.717) is 17.6 Å². The first-order valence-electron chi connectivity index (χ1n) is 10.7. The maximum Gasteiger partial charge on any atom is 0.145 e. The first-order valence-corrected chi connectivity index (χ1v) is 10.7. The van der Waals surface area contributed by atoms with Gasteiger partial charge in [-0.25, -0.2) is 0 Å². The van der Waals surface area contributed by atoms with Crippen LogP contribution < -0.4 is 0 Å². The van der Waals surface area contributed by atoms with E-state index in [2.05, 4.69) is 39.0 Å². The molecule has 0 N–H and O–H groups in total. The predicted octanol–water partition coefficient (Wildman–Crippen LogP) is 4.83. The van der Waals surface area contributed by atoms with Gasteiger partial charge in [0.05, 0.1) is 17.1 Å². The summed E-state index contributed by atoms with van der Waals surface area (Å²) in [7, 11) is 0. The Hall–Kier alpha value is -1.22. The SMILES string of the molecule is CCCC1C(=O)C2[C@@H]3CC(c4cccc(C)n4)C2(C)OC12CCCCC32. The van der Waals surface area contributed by atoms with Gasteiger partial charge in [0.25, 0.3) is 0 Å². The fourth-order valence-electron chi connectivity index (χ4n) is 7.43. The average Bonchev–Trinajstić information content (AvgIpc) is 2.86. The minimum Gasteiger partial charge on any atom is -0.366 e. The summed E-state index contributed by atoms with van der Waals surface area (Å²) in [5.41, 5.74) is 1.65. The third-order valence-corrected chi connectivity index (χ3v) is 8.22. The number of carbonyl (C=O) groups is 1. The lowest BCUT2D eigenvalue weighted by atomic mass is 9.50. The van der Waals surface area contributed by atoms with E-state index in [1.54, 1.807) is 0 Å². The second kappa shape index (κ2) is 5.64. The molecule has 3 aliphatic carbocycles. The summed E-state index contributed by atoms with van der Waals surface area (Å²) < 4.78 is 7.14. The highest BCUT2D eigenvalue weighted by molar-refractivity contribution is 5.89. The Morgan fingerprint density at radius 1 is 1.31 bits per heavy atom. The summed E-state index contributed by atoms with van der Waals surface area (Å²) in [6.45, 7) is 6.50. The number of pyridine rings is 1. The molecule has 140 valence electrons. The first-order chi connectivity index (χ1) is 12.5. The lowest BCUT2D eigenvalue weighted by molar-refractivity contribution is -0.289. The number of hydrogen-bond donors (Lipinski definition) is 0. The van der Waals surface area contributed by atoms with E-state index in [-0.39, 0.29) is 29.0 Å². The number of nitrogens with zero attached hydrogens (tertiary/aromatic N) is 1. The number of rotatable bonds is 3. The van der Waals surface area contributed by atoms with Crippen LogP contribution in [0.4, 0.5) is 0 Å². The molecule has 0 radical (unpaired) electrons. The predicted molar refractivity (Wildman–Crippen MR) is 101 cm³/mol. The highest BCUT2D eigenvalue weighted by Gasteiger charge is 2.74. The number of Topliss-reactive ketones (excluding diaryl/α,β-unsaturated/α-hetero) is 1. The van der Waals surface area contributed by atoms with Crippen LogP contribution in [-0.4, -0.2) is 22.0 Å². The van der Waals surface area contributed by atoms with Gasteiger partial charge in [-0.3, -0.25) is 9.78 Å². The Bertz CT molecular complexity index is 745. The number of hydrogen-bond acceptors (Lipinski definition) is 3. The number of aryl methyl sites for hydroxylation is 1. The standard InChI is InChI=1S/C23H31NO2/c1-4-8-17-21(25)20-15-13-18(19-11-7-9-14(2)24-19)22(20,3)26-23(17)12-6-5-10-16(15)23/h7,9,11,15-18,20H,4-6,8,10,12-13H2,1-3H3/t15-,16?,17?,18?,20?,22?,23?/m1/s1. The van der Waals surface area contributed by atoms with Crippen molar-refractivity contribution in [2.24, 2.45) is 23.7 Å². The molecule has 4 bridgehead atoms. The van der Waals surface area contributed by atoms with Gasteiger partial charge < -0.3 is 4.74 Å². The summed E-state index contributed by atoms with van der Waals surface area (Å²) in [6.07, 6.45) is 8.00. The van der Waals surface area contributed by atoms with Crippen molar-refractivity contribution in [3.63, 3.8) is 0 Å². The summed E-state index contributed by atoms with van der Waals surface area (Å²) in [6, 6.07) is 6.31. The molecule has 2 saturated heterocycles. The van der Waals surface area contributed by atoms with Gasteiger partial charge in [0, 0.05) is 23.2 Å². The molecule has 7 atom stereocenters. The normalized spacial score (nSPS) is 46.4. The van der Waals surface area contributed by atoms with Gasteiger partial charge in [-0.2, -0.15) is 0 Å². The van der Waals surface area contributed by atoms with Crippen LogP contribution in [0.3, 0.4) is 0 Å². The van der Waals surface area contributed by atoms with Crippen LogP contribution in [0.15, 0.2) is 18.2 Å². The zero-order valence-electron chi connectivity index (χ0n) is 16.3. The fraction of sp³-hybridized carbons (Fsp3) is 0.739. The van der Waals surface area contributed by atoms with E-state index in [4.69, 9.17) is 9.72 Å². The van der Waals surface area contributed by atoms with Crippen molar-refractivity contribution in [2.45, 2.75) is 82.8 Å². The summed E-state index contributed by atoms with van der Waals surface area (Å²) >= 11 is 0. The molecule has 3 nitrogen and oxygen atoms in total. The molecular weight excluding hydrogens is 322 g/mol. The van der Waals surface area contributed by atoms with Crippen molar-refractivity contribution in [3.8, 4) is 0 Å². The lowest BCUT2D eigenvalue weighted by Crippen LogP contribution is -2.71. The quantitative estimate of drug-likeness (QED) is 0.781. The van der Waals surface area contributed by atoms with Crippen LogP contribution in [-0.2, 0) is 9.53 Å². The topological polar surface area (TPSA) is 39.2 Å². The highest BCUT2D eigenvalue weighted by Crippen LogP contribution is 2.70. The van der Waals surface area contributed by atoms with Crippen molar-refractivity contribution in [3.05, 3.63) is 29.6 Å². The molecule has 3 saturated carbocycles. The molecule has 0 amide bonds. The summed E-state index contributed by atoms with van der Waals surface area (Å²) in [5.74, 6) is 2.08. The molecule has 2 aliphatic heterocycles. The van der Waals surface area contributed by atoms with E-state index in [1.165, 1.54) is 19.3 Å². The van der Waals surface area contributed by atoms with Crippen molar-refractivity contribution >= 4 is 5.78 Å². The highest BCUT2D eigenvalue weighted by atomic mass is 16.5. The zero-order valence-corrected chi connectivity index (χ0v) is 16.3. The molecule has 26 heavy (non-hydrogen) atoms. The minimum absolute atomic E-state index is 0.0799. The number of fused-ring (bicyclic) bond motifs is 1. The molecule has 5 fully saturated rings. The van der Waals surface area contributed by atoms with E-state index in [0.717, 1.165) is 37.1 Å². The second-order valence-corrected chi connectivity index (χ2v) is 9.47. The summed E-state index contributed by atoms with van der Waals surface area (Å²) in [5, 5.41) is 0. The molecule has 1 aromatic rings. The maximum atomic E-state index is 13.6. The van der Waals surface area contributed by atoms with Gasteiger partial charge in [0.15, 0.2) is 0 Å². The van der Waals surface area contributed by atoms with Crippen LogP contribution in [0.1, 0.15) is 76.1 Å². The number of ether oxygens (including phenoxy) is 1. The van der Waals surface area contributed by atoms with Crippen molar-refractivity contribution in [2.75, 3.05) is 0 Å². The largest absolute Gasteiger partial charge is 0.366 e. The third kappa shape index (κ3) is 1.99. The Morgan fingerprint density at radius 2 is 2.15 bits per heavy atom. The van der Waals surface area contributed by atoms with Gasteiger partial charge in [-0.15, -0.1) is 0 Å². The third-order valence-electron chi connectivity index (χ3n) is 8.22. The molecule has 5 aliphatic rings. The smallest absolute Gasteiger partial charge is 0.145 e. The van der Waals surface area contributed by atoms with Crippen LogP contribution >= 0.6 is 0 Å². The molecule has 1 spiro atoms. The molecular formula is C23H31NO2. The molecule has 1 aromatic heterocycles. The van der Waals surface area contributed by atoms with Gasteiger partial charge in [-0.05, 0) is 63.5 Å². The Morgan fingerprint density at radius 3 is 2.92 bits per heavy atom. The van der Waals surface area contributed by atoms with Gasteiger partial charge in [0.1, 0.15) is 5.78 Å². The van der Waals surface area contributed by atoms with Crippen molar-refractivity contribution < 1.29 is 9.53 Å². The van der Waals surface area contributed by atoms with Crippen molar-refractivity contribution in [1.82, 2.24) is 4.98 Å². The van der Waals surface area contributed by atoms with Crippen LogP contribution in [0, 0.1) is 30.6 Å². The van der Waals surface area contributed by atoms with E-state index in [9.17, 15) is 4.79 Å². The van der Waals surface area contributed by atoms with Crippen molar-refractivity contribution in [1.29, 1.82) is 0 Å². The molecule has 3 heterocycles.